The fraction of sp³-hybridized carbons (Fsp3) is 0.444. The molecule has 2 amide bonds. The molecular weight excluding hydrogens is 452 g/mol. The number of carbonyl (C=O) groups is 2. The van der Waals surface area contributed by atoms with E-state index in [-0.39, 0.29) is 34.4 Å². The predicted molar refractivity (Wildman–Crippen MR) is 111 cm³/mol. The lowest BCUT2D eigenvalue weighted by Gasteiger charge is -2.17. The average molecular weight is 476 g/mol. The summed E-state index contributed by atoms with van der Waals surface area (Å²) in [6.45, 7) is 3.86. The van der Waals surface area contributed by atoms with Crippen molar-refractivity contribution < 1.29 is 26.8 Å². The zero-order valence-electron chi connectivity index (χ0n) is 16.9. The smallest absolute Gasteiger partial charge is 0.269 e. The Morgan fingerprint density at radius 1 is 1.10 bits per heavy atom. The van der Waals surface area contributed by atoms with Gasteiger partial charge < -0.3 is 5.32 Å². The number of hydrogen-bond acceptors (Lipinski definition) is 7. The second kappa shape index (κ2) is 11.2. The van der Waals surface area contributed by atoms with Crippen molar-refractivity contribution in [2.75, 3.05) is 11.9 Å². The molecule has 0 fully saturated rings. The van der Waals surface area contributed by atoms with Crippen LogP contribution < -0.4 is 15.4 Å². The van der Waals surface area contributed by atoms with E-state index in [0.29, 0.717) is 30.2 Å². The van der Waals surface area contributed by atoms with Crippen LogP contribution in [0.2, 0.25) is 0 Å². The number of carbonyl (C=O) groups excluding carboxylic acids is 2. The van der Waals surface area contributed by atoms with Crippen molar-refractivity contribution in [3.8, 4) is 0 Å². The van der Waals surface area contributed by atoms with Gasteiger partial charge in [-0.1, -0.05) is 31.6 Å². The van der Waals surface area contributed by atoms with Gasteiger partial charge in [0.05, 0.1) is 6.42 Å². The lowest BCUT2D eigenvalue weighted by Crippen LogP contribution is -2.44. The fourth-order valence-corrected chi connectivity index (χ4v) is 4.64. The highest BCUT2D eigenvalue weighted by molar-refractivity contribution is 7.91. The van der Waals surface area contributed by atoms with E-state index in [1.54, 1.807) is 6.92 Å². The summed E-state index contributed by atoms with van der Waals surface area (Å²) in [4.78, 5) is 24.8. The third-order valence-electron chi connectivity index (χ3n) is 3.92. The Bertz CT molecular complexity index is 1010. The van der Waals surface area contributed by atoms with Crippen molar-refractivity contribution in [3.63, 3.8) is 0 Å². The number of halogens is 2. The molecule has 3 N–H and O–H groups in total. The monoisotopic (exact) mass is 475 g/mol. The van der Waals surface area contributed by atoms with Gasteiger partial charge in [-0.15, -0.1) is 10.2 Å². The van der Waals surface area contributed by atoms with Crippen LogP contribution >= 0.6 is 11.3 Å². The summed E-state index contributed by atoms with van der Waals surface area (Å²) in [6, 6.07) is 1.82. The number of rotatable bonds is 11. The average Bonchev–Trinajstić information content (AvgIpc) is 3.14. The molecule has 0 bridgehead atoms. The molecule has 13 heteroatoms. The van der Waals surface area contributed by atoms with Crippen molar-refractivity contribution in [3.05, 3.63) is 35.4 Å². The zero-order valence-corrected chi connectivity index (χ0v) is 18.6. The molecule has 9 nitrogen and oxygen atoms in total. The van der Waals surface area contributed by atoms with Crippen LogP contribution in [0.3, 0.4) is 0 Å². The highest BCUT2D eigenvalue weighted by atomic mass is 32.2. The number of nitrogens with one attached hydrogen (secondary N) is 3. The number of sulfonamides is 1. The summed E-state index contributed by atoms with van der Waals surface area (Å²) in [5, 5.41) is 12.2. The second-order valence-corrected chi connectivity index (χ2v) is 9.54. The van der Waals surface area contributed by atoms with Gasteiger partial charge in [0.15, 0.2) is 0 Å². The summed E-state index contributed by atoms with van der Waals surface area (Å²) in [6.07, 6.45) is 1.13. The van der Waals surface area contributed by atoms with E-state index in [4.69, 9.17) is 0 Å². The molecule has 0 aliphatic heterocycles. The summed E-state index contributed by atoms with van der Waals surface area (Å²) >= 11 is 0.678. The van der Waals surface area contributed by atoms with Crippen LogP contribution in [0.15, 0.2) is 22.5 Å². The van der Waals surface area contributed by atoms with Crippen LogP contribution in [0.4, 0.5) is 13.9 Å². The van der Waals surface area contributed by atoms with E-state index in [0.717, 1.165) is 12.1 Å². The Morgan fingerprint density at radius 2 is 1.77 bits per heavy atom. The van der Waals surface area contributed by atoms with Gasteiger partial charge in [0.1, 0.15) is 17.7 Å². The van der Waals surface area contributed by atoms with Crippen molar-refractivity contribution >= 4 is 38.3 Å². The number of benzene rings is 1. The van der Waals surface area contributed by atoms with Crippen LogP contribution in [0.5, 0.6) is 0 Å². The van der Waals surface area contributed by atoms with Crippen LogP contribution in [0, 0.1) is 11.6 Å². The molecule has 170 valence electrons. The Morgan fingerprint density at radius 3 is 2.39 bits per heavy atom. The van der Waals surface area contributed by atoms with Crippen LogP contribution in [0.25, 0.3) is 0 Å². The summed E-state index contributed by atoms with van der Waals surface area (Å²) in [5.41, 5.74) is 0.129. The molecule has 0 spiro atoms. The van der Waals surface area contributed by atoms with E-state index < -0.39 is 39.5 Å². The van der Waals surface area contributed by atoms with E-state index in [1.165, 1.54) is 0 Å². The maximum Gasteiger partial charge on any atom is 0.269 e. The van der Waals surface area contributed by atoms with Crippen molar-refractivity contribution in [1.29, 1.82) is 0 Å². The molecule has 1 aromatic heterocycles. The van der Waals surface area contributed by atoms with Crippen LogP contribution in [-0.2, 0) is 26.0 Å². The minimum absolute atomic E-state index is 0.0376. The van der Waals surface area contributed by atoms with E-state index in [1.807, 2.05) is 6.92 Å². The first-order chi connectivity index (χ1) is 14.6. The molecule has 0 saturated carbocycles. The quantitative estimate of drug-likeness (QED) is 0.426. The number of nitrogens with zero attached hydrogens (tertiary/aromatic N) is 2. The largest absolute Gasteiger partial charge is 0.344 e. The van der Waals surface area contributed by atoms with E-state index in [9.17, 15) is 26.8 Å². The van der Waals surface area contributed by atoms with Gasteiger partial charge in [-0.2, -0.15) is 0 Å². The number of hydrogen-bond donors (Lipinski definition) is 3. The van der Waals surface area contributed by atoms with Crippen molar-refractivity contribution in [1.82, 2.24) is 20.2 Å². The normalized spacial score (nSPS) is 12.4. The Kier molecular flexibility index (Phi) is 8.95. The van der Waals surface area contributed by atoms with Gasteiger partial charge in [0.2, 0.25) is 21.3 Å². The van der Waals surface area contributed by atoms with Gasteiger partial charge in [0, 0.05) is 12.6 Å². The third kappa shape index (κ3) is 7.60. The fourth-order valence-electron chi connectivity index (χ4n) is 2.56. The molecule has 2 aromatic rings. The van der Waals surface area contributed by atoms with E-state index in [2.05, 4.69) is 25.6 Å². The van der Waals surface area contributed by atoms with E-state index >= 15 is 0 Å². The molecule has 1 heterocycles. The van der Waals surface area contributed by atoms with Crippen molar-refractivity contribution in [2.45, 2.75) is 49.9 Å². The Hall–Kier alpha value is -2.51. The van der Waals surface area contributed by atoms with Crippen LogP contribution in [0.1, 0.15) is 38.7 Å². The maximum atomic E-state index is 13.3. The van der Waals surface area contributed by atoms with Crippen LogP contribution in [-0.4, -0.2) is 43.0 Å². The van der Waals surface area contributed by atoms with Crippen molar-refractivity contribution in [2.24, 2.45) is 0 Å². The Balaban J connectivity index is 2.02. The summed E-state index contributed by atoms with van der Waals surface area (Å²) in [7, 11) is -3.82. The Labute approximate surface area is 182 Å². The maximum absolute atomic E-state index is 13.3. The first-order valence-corrected chi connectivity index (χ1v) is 11.8. The molecule has 0 aliphatic rings. The minimum Gasteiger partial charge on any atom is -0.344 e. The molecule has 2 rings (SSSR count). The standard InChI is InChI=1S/C18H23F2N5O4S2/c1-3-5-14(22-15(26)9-11-7-12(19)10-13(20)8-11)16(27)23-17-24-25-18(30-17)31(28,29)21-6-4-2/h7-8,10,14,21H,3-6,9H2,1-2H3,(H,22,26)(H,23,24,27). The minimum atomic E-state index is -3.82. The summed E-state index contributed by atoms with van der Waals surface area (Å²) in [5.74, 6) is -2.81. The number of anilines is 1. The van der Waals surface area contributed by atoms with Gasteiger partial charge in [0.25, 0.3) is 10.0 Å². The first-order valence-electron chi connectivity index (χ1n) is 9.53. The third-order valence-corrected chi connectivity index (χ3v) is 6.59. The molecule has 1 unspecified atom stereocenters. The molecule has 0 radical (unpaired) electrons. The number of aromatic nitrogens is 2. The second-order valence-electron chi connectivity index (χ2n) is 6.62. The molecule has 0 aliphatic carbocycles. The molecule has 0 saturated heterocycles. The van der Waals surface area contributed by atoms with Gasteiger partial charge in [-0.3, -0.25) is 14.9 Å². The molecule has 1 aromatic carbocycles. The topological polar surface area (TPSA) is 130 Å². The highest BCUT2D eigenvalue weighted by Gasteiger charge is 2.24. The lowest BCUT2D eigenvalue weighted by atomic mass is 10.1. The predicted octanol–water partition coefficient (Wildman–Crippen LogP) is 1.97. The zero-order chi connectivity index (χ0) is 23.0. The number of amides is 2. The van der Waals surface area contributed by atoms with Gasteiger partial charge in [-0.25, -0.2) is 21.9 Å². The van der Waals surface area contributed by atoms with Gasteiger partial charge in [-0.05, 0) is 30.5 Å². The van der Waals surface area contributed by atoms with Gasteiger partial charge >= 0.3 is 0 Å². The molecular formula is C18H23F2N5O4S2. The first kappa shape index (κ1) is 24.8. The SMILES string of the molecule is CCCNS(=O)(=O)c1nnc(NC(=O)C(CCC)NC(=O)Cc2cc(F)cc(F)c2)s1. The summed E-state index contributed by atoms with van der Waals surface area (Å²) < 4.78 is 52.8. The lowest BCUT2D eigenvalue weighted by molar-refractivity contribution is -0.126. The molecule has 1 atom stereocenters. The molecule has 31 heavy (non-hydrogen) atoms. The highest BCUT2D eigenvalue weighted by Crippen LogP contribution is 2.20.